The van der Waals surface area contributed by atoms with Crippen LogP contribution in [0.2, 0.25) is 0 Å². The van der Waals surface area contributed by atoms with Crippen LogP contribution in [0, 0.1) is 0 Å². The molecule has 1 aliphatic heterocycles. The Morgan fingerprint density at radius 1 is 0.900 bits per heavy atom. The first-order valence-corrected chi connectivity index (χ1v) is 12.9. The van der Waals surface area contributed by atoms with Crippen molar-refractivity contribution >= 4 is 5.78 Å². The Morgan fingerprint density at radius 2 is 1.57 bits per heavy atom. The number of ketones is 1. The van der Waals surface area contributed by atoms with Crippen molar-refractivity contribution in [3.8, 4) is 23.0 Å². The van der Waals surface area contributed by atoms with Crippen molar-refractivity contribution in [2.45, 2.75) is 43.5 Å². The molecule has 1 aliphatic rings. The Balaban J connectivity index is 1.75. The highest BCUT2D eigenvalue weighted by atomic mass is 16.7. The van der Waals surface area contributed by atoms with Crippen molar-refractivity contribution < 1.29 is 59.1 Å². The van der Waals surface area contributed by atoms with Gasteiger partial charge in [0, 0.05) is 25.1 Å². The summed E-state index contributed by atoms with van der Waals surface area (Å²) in [7, 11) is 0. The lowest BCUT2D eigenvalue weighted by Crippen LogP contribution is -2.60. The van der Waals surface area contributed by atoms with Crippen LogP contribution in [0.3, 0.4) is 0 Å². The predicted molar refractivity (Wildman–Crippen MR) is 139 cm³/mol. The number of rotatable bonds is 16. The second-order valence-corrected chi connectivity index (χ2v) is 9.08. The normalized spacial score (nSPS) is 22.7. The summed E-state index contributed by atoms with van der Waals surface area (Å²) < 4.78 is 27.4. The maximum atomic E-state index is 13.2. The number of ether oxygens (including phenoxy) is 5. The molecule has 5 atom stereocenters. The number of aryl methyl sites for hydroxylation is 1. The minimum atomic E-state index is -1.74. The molecule has 2 aromatic carbocycles. The molecule has 40 heavy (non-hydrogen) atoms. The van der Waals surface area contributed by atoms with E-state index >= 15 is 0 Å². The van der Waals surface area contributed by atoms with Crippen molar-refractivity contribution in [1.29, 1.82) is 0 Å². The molecule has 0 aliphatic carbocycles. The second-order valence-electron chi connectivity index (χ2n) is 9.08. The molecule has 0 unspecified atom stereocenters. The summed E-state index contributed by atoms with van der Waals surface area (Å²) in [4.78, 5) is 13.2. The zero-order chi connectivity index (χ0) is 29.1. The molecule has 0 saturated carbocycles. The van der Waals surface area contributed by atoms with Gasteiger partial charge in [0.15, 0.2) is 5.78 Å². The van der Waals surface area contributed by atoms with Gasteiger partial charge < -0.3 is 60.1 Å². The lowest BCUT2D eigenvalue weighted by Gasteiger charge is -2.39. The predicted octanol–water partition coefficient (Wildman–Crippen LogP) is -0.537. The van der Waals surface area contributed by atoms with Crippen LogP contribution in [-0.4, -0.2) is 113 Å². The summed E-state index contributed by atoms with van der Waals surface area (Å²) in [6.07, 6.45) is -7.62. The molecule has 1 saturated heterocycles. The van der Waals surface area contributed by atoms with Gasteiger partial charge in [0.05, 0.1) is 33.0 Å². The third-order valence-electron chi connectivity index (χ3n) is 6.13. The monoisotopic (exact) mass is 567 g/mol. The molecule has 1 fully saturated rings. The van der Waals surface area contributed by atoms with E-state index in [1.165, 1.54) is 24.3 Å². The Hall–Kier alpha value is -3.01. The number of hydrogen-bond donors (Lipinski definition) is 7. The van der Waals surface area contributed by atoms with Gasteiger partial charge in [-0.2, -0.15) is 0 Å². The van der Waals surface area contributed by atoms with Crippen LogP contribution < -0.4 is 15.2 Å². The van der Waals surface area contributed by atoms with Crippen LogP contribution in [0.5, 0.6) is 23.0 Å². The fourth-order valence-electron chi connectivity index (χ4n) is 3.99. The van der Waals surface area contributed by atoms with E-state index < -0.39 is 48.8 Å². The van der Waals surface area contributed by atoms with Crippen LogP contribution >= 0.6 is 0 Å². The number of aliphatic hydroxyl groups is 4. The molecule has 3 rings (SSSR count). The van der Waals surface area contributed by atoms with Crippen molar-refractivity contribution in [3.05, 3.63) is 47.5 Å². The molecular weight excluding hydrogens is 530 g/mol. The number of aliphatic hydroxyl groups excluding tert-OH is 4. The van der Waals surface area contributed by atoms with Crippen LogP contribution in [0.4, 0.5) is 0 Å². The van der Waals surface area contributed by atoms with Gasteiger partial charge in [-0.25, -0.2) is 0 Å². The minimum absolute atomic E-state index is 0.0380. The first-order chi connectivity index (χ1) is 19.2. The van der Waals surface area contributed by atoms with Crippen LogP contribution in [-0.2, 0) is 20.6 Å². The third kappa shape index (κ3) is 8.74. The van der Waals surface area contributed by atoms with Gasteiger partial charge in [0.2, 0.25) is 6.29 Å². The smallest absolute Gasteiger partial charge is 0.229 e. The molecule has 8 N–H and O–H groups in total. The maximum Gasteiger partial charge on any atom is 0.229 e. The molecule has 0 spiro atoms. The lowest BCUT2D eigenvalue weighted by molar-refractivity contribution is -0.277. The van der Waals surface area contributed by atoms with Crippen LogP contribution in [0.15, 0.2) is 36.4 Å². The molecule has 0 radical (unpaired) electrons. The zero-order valence-corrected chi connectivity index (χ0v) is 21.9. The topological polar surface area (TPSA) is 211 Å². The Bertz CT molecular complexity index is 1060. The molecule has 0 amide bonds. The fraction of sp³-hybridized carbons (Fsp3) is 0.519. The largest absolute Gasteiger partial charge is 0.508 e. The van der Waals surface area contributed by atoms with E-state index in [-0.39, 0.29) is 42.4 Å². The summed E-state index contributed by atoms with van der Waals surface area (Å²) in [5.41, 5.74) is 5.91. The van der Waals surface area contributed by atoms with Crippen LogP contribution in [0.1, 0.15) is 22.3 Å². The van der Waals surface area contributed by atoms with E-state index in [9.17, 15) is 35.4 Å². The standard InChI is InChI=1S/C27H37NO12/c28-7-8-36-9-10-37-11-12-38-18-13-20(32)23(19(31)6-3-16-1-4-17(30)5-2-16)21(14-18)39-27-26(35)25(34)24(33)22(15-29)40-27/h1-2,4-5,13-14,22,24-27,29-30,32-35H,3,6-12,15,28H2/t22-,24-,25+,26-,27-/m1/s1. The van der Waals surface area contributed by atoms with Gasteiger partial charge in [0.1, 0.15) is 59.6 Å². The average Bonchev–Trinajstić information content (AvgIpc) is 2.94. The highest BCUT2D eigenvalue weighted by molar-refractivity contribution is 6.01. The minimum Gasteiger partial charge on any atom is -0.508 e. The van der Waals surface area contributed by atoms with E-state index in [2.05, 4.69) is 0 Å². The van der Waals surface area contributed by atoms with E-state index in [1.54, 1.807) is 12.1 Å². The van der Waals surface area contributed by atoms with Gasteiger partial charge in [-0.05, 0) is 24.1 Å². The van der Waals surface area contributed by atoms with Gasteiger partial charge in [-0.3, -0.25) is 4.79 Å². The van der Waals surface area contributed by atoms with Gasteiger partial charge >= 0.3 is 0 Å². The third-order valence-corrected chi connectivity index (χ3v) is 6.13. The van der Waals surface area contributed by atoms with Crippen molar-refractivity contribution in [1.82, 2.24) is 0 Å². The Kier molecular flexibility index (Phi) is 12.4. The number of phenolic OH excluding ortho intramolecular Hbond substituents is 2. The lowest BCUT2D eigenvalue weighted by atomic mass is 9.99. The number of hydrogen-bond acceptors (Lipinski definition) is 13. The van der Waals surface area contributed by atoms with E-state index in [4.69, 9.17) is 29.4 Å². The highest BCUT2D eigenvalue weighted by Gasteiger charge is 2.45. The van der Waals surface area contributed by atoms with Gasteiger partial charge in [-0.15, -0.1) is 0 Å². The number of aromatic hydroxyl groups is 2. The molecule has 13 heteroatoms. The second kappa shape index (κ2) is 15.7. The molecular formula is C27H37NO12. The van der Waals surface area contributed by atoms with E-state index in [0.717, 1.165) is 5.56 Å². The van der Waals surface area contributed by atoms with Gasteiger partial charge in [-0.1, -0.05) is 12.1 Å². The number of nitrogens with two attached hydrogens (primary N) is 1. The van der Waals surface area contributed by atoms with E-state index in [1.807, 2.05) is 0 Å². The summed E-state index contributed by atoms with van der Waals surface area (Å²) in [6.45, 7) is 1.15. The van der Waals surface area contributed by atoms with Crippen LogP contribution in [0.25, 0.3) is 0 Å². The summed E-state index contributed by atoms with van der Waals surface area (Å²) in [5, 5.41) is 60.4. The van der Waals surface area contributed by atoms with E-state index in [0.29, 0.717) is 32.8 Å². The van der Waals surface area contributed by atoms with Gasteiger partial charge in [0.25, 0.3) is 0 Å². The Morgan fingerprint density at radius 3 is 2.25 bits per heavy atom. The first-order valence-electron chi connectivity index (χ1n) is 12.9. The summed E-state index contributed by atoms with van der Waals surface area (Å²) in [5.74, 6) is -0.952. The Labute approximate surface area is 231 Å². The molecule has 0 bridgehead atoms. The zero-order valence-electron chi connectivity index (χ0n) is 21.9. The molecule has 222 valence electrons. The van der Waals surface area contributed by atoms with Crippen molar-refractivity contribution in [2.75, 3.05) is 46.2 Å². The number of Topliss-reactive ketones (excluding diaryl/α,β-unsaturated/α-hetero) is 1. The summed E-state index contributed by atoms with van der Waals surface area (Å²) >= 11 is 0. The molecule has 1 heterocycles. The fourth-order valence-corrected chi connectivity index (χ4v) is 3.99. The molecule has 2 aromatic rings. The molecule has 13 nitrogen and oxygen atoms in total. The SMILES string of the molecule is NCCOCCOCCOc1cc(O)c(C(=O)CCc2ccc(O)cc2)c(O[C@@H]2O[C@H](CO)[C@@H](O)[C@H](O)[C@H]2O)c1. The maximum absolute atomic E-state index is 13.2. The number of carbonyl (C=O) groups is 1. The van der Waals surface area contributed by atoms with Crippen molar-refractivity contribution in [3.63, 3.8) is 0 Å². The number of phenols is 2. The summed E-state index contributed by atoms with van der Waals surface area (Å²) in [6, 6.07) is 8.87. The average molecular weight is 568 g/mol. The van der Waals surface area contributed by atoms with Crippen molar-refractivity contribution in [2.24, 2.45) is 5.73 Å². The quantitative estimate of drug-likeness (QED) is 0.101. The highest BCUT2D eigenvalue weighted by Crippen LogP contribution is 2.37. The molecule has 0 aromatic heterocycles. The number of carbonyl (C=O) groups excluding carboxylic acids is 1. The first kappa shape index (κ1) is 31.5. The number of benzene rings is 2.